The van der Waals surface area contributed by atoms with Crippen molar-refractivity contribution >= 4 is 28.0 Å². The van der Waals surface area contributed by atoms with Crippen LogP contribution in [0.4, 0.5) is 10.7 Å². The molecule has 1 aromatic heterocycles. The van der Waals surface area contributed by atoms with Gasteiger partial charge in [0.2, 0.25) is 27.7 Å². The highest BCUT2D eigenvalue weighted by molar-refractivity contribution is 7.90. The minimum Gasteiger partial charge on any atom is -0.481 e. The highest BCUT2D eigenvalue weighted by Gasteiger charge is 2.19. The third-order valence-electron chi connectivity index (χ3n) is 3.63. The second-order valence-corrected chi connectivity index (χ2v) is 7.39. The second kappa shape index (κ2) is 9.68. The molecule has 11 nitrogen and oxygen atoms in total. The van der Waals surface area contributed by atoms with Gasteiger partial charge in [-0.05, 0) is 18.1 Å². The molecule has 0 unspecified atom stereocenters. The van der Waals surface area contributed by atoms with Crippen molar-refractivity contribution in [2.75, 3.05) is 32.4 Å². The zero-order chi connectivity index (χ0) is 21.4. The molecular weight excluding hydrogens is 404 g/mol. The van der Waals surface area contributed by atoms with Crippen LogP contribution in [0.1, 0.15) is 15.9 Å². The summed E-state index contributed by atoms with van der Waals surface area (Å²) in [4.78, 5) is 31.5. The summed E-state index contributed by atoms with van der Waals surface area (Å²) in [5.74, 6) is -0.974. The Morgan fingerprint density at radius 1 is 1.03 bits per heavy atom. The number of methoxy groups -OCH3 is 3. The predicted octanol–water partition coefficient (Wildman–Crippen LogP) is 0.974. The van der Waals surface area contributed by atoms with Crippen molar-refractivity contribution in [1.29, 1.82) is 0 Å². The van der Waals surface area contributed by atoms with Crippen LogP contribution in [0.3, 0.4) is 0 Å². The Balaban J connectivity index is 2.03. The number of ether oxygens (including phenoxy) is 3. The van der Waals surface area contributed by atoms with Crippen molar-refractivity contribution in [2.24, 2.45) is 0 Å². The molecule has 0 spiro atoms. The van der Waals surface area contributed by atoms with Gasteiger partial charge in [0.05, 0.1) is 38.7 Å². The van der Waals surface area contributed by atoms with Crippen molar-refractivity contribution < 1.29 is 32.2 Å². The molecule has 0 fully saturated rings. The highest BCUT2D eigenvalue weighted by Crippen LogP contribution is 2.17. The summed E-state index contributed by atoms with van der Waals surface area (Å²) in [6.07, 6.45) is -0.00261. The fourth-order valence-electron chi connectivity index (χ4n) is 2.28. The lowest BCUT2D eigenvalue weighted by molar-refractivity contribution is 0.0599. The van der Waals surface area contributed by atoms with Crippen LogP contribution in [0.15, 0.2) is 30.3 Å². The smallest absolute Gasteiger partial charge is 0.338 e. The molecule has 0 saturated carbocycles. The van der Waals surface area contributed by atoms with Crippen LogP contribution >= 0.6 is 0 Å². The molecule has 0 radical (unpaired) electrons. The van der Waals surface area contributed by atoms with Gasteiger partial charge in [-0.25, -0.2) is 22.7 Å². The Hall–Kier alpha value is -3.41. The maximum Gasteiger partial charge on any atom is 0.338 e. The number of aryl methyl sites for hydroxylation is 1. The number of nitrogens with one attached hydrogen (secondary N) is 2. The number of hydrogen-bond acceptors (Lipinski definition) is 9. The first kappa shape index (κ1) is 21.9. The molecule has 12 heteroatoms. The summed E-state index contributed by atoms with van der Waals surface area (Å²) < 4.78 is 40.9. The number of carbonyl (C=O) groups excluding carboxylic acids is 2. The minimum atomic E-state index is -4.01. The molecule has 1 aromatic carbocycles. The first-order valence-corrected chi connectivity index (χ1v) is 9.88. The summed E-state index contributed by atoms with van der Waals surface area (Å²) in [5, 5.41) is 2.20. The van der Waals surface area contributed by atoms with E-state index in [4.69, 9.17) is 9.47 Å². The average Bonchev–Trinajstić information content (AvgIpc) is 2.71. The Bertz CT molecular complexity index is 973. The van der Waals surface area contributed by atoms with Crippen molar-refractivity contribution in [2.45, 2.75) is 6.42 Å². The van der Waals surface area contributed by atoms with Crippen LogP contribution < -0.4 is 19.5 Å². The minimum absolute atomic E-state index is 0.00261. The molecule has 1 heterocycles. The molecule has 2 rings (SSSR count). The fraction of sp³-hybridized carbons (Fsp3) is 0.294. The van der Waals surface area contributed by atoms with Gasteiger partial charge >= 0.3 is 12.0 Å². The average molecular weight is 424 g/mol. The number of sulfonamides is 1. The Morgan fingerprint density at radius 2 is 1.66 bits per heavy atom. The quantitative estimate of drug-likeness (QED) is 0.592. The molecule has 2 aromatic rings. The molecule has 0 atom stereocenters. The van der Waals surface area contributed by atoms with Crippen molar-refractivity contribution in [3.8, 4) is 11.8 Å². The molecular formula is C17H20N4O7S. The molecule has 0 aliphatic heterocycles. The van der Waals surface area contributed by atoms with E-state index in [9.17, 15) is 18.0 Å². The maximum atomic E-state index is 12.2. The van der Waals surface area contributed by atoms with Crippen LogP contribution in [0.5, 0.6) is 11.8 Å². The van der Waals surface area contributed by atoms with Gasteiger partial charge in [0.25, 0.3) is 0 Å². The number of rotatable bonds is 8. The van der Waals surface area contributed by atoms with E-state index in [2.05, 4.69) is 20.0 Å². The molecule has 156 valence electrons. The molecule has 0 aliphatic rings. The van der Waals surface area contributed by atoms with Crippen LogP contribution in [0.25, 0.3) is 0 Å². The van der Waals surface area contributed by atoms with E-state index in [1.54, 1.807) is 18.2 Å². The SMILES string of the molecule is COC(=O)c1ccccc1CCS(=O)(=O)NC(=O)Nc1nc(OC)cc(OC)n1. The number of hydrogen-bond donors (Lipinski definition) is 2. The standard InChI is InChI=1S/C17H20N4O7S/c1-26-13-10-14(27-2)19-16(18-13)20-17(23)21-29(24,25)9-8-11-6-4-5-7-12(11)15(22)28-3/h4-7,10H,8-9H2,1-3H3,(H2,18,19,20,21,23). The van der Waals surface area contributed by atoms with Crippen molar-refractivity contribution in [1.82, 2.24) is 14.7 Å². The van der Waals surface area contributed by atoms with Gasteiger partial charge in [0, 0.05) is 0 Å². The number of aromatic nitrogens is 2. The largest absolute Gasteiger partial charge is 0.481 e. The zero-order valence-corrected chi connectivity index (χ0v) is 16.8. The van der Waals surface area contributed by atoms with Crippen molar-refractivity contribution in [3.63, 3.8) is 0 Å². The van der Waals surface area contributed by atoms with E-state index in [0.29, 0.717) is 5.56 Å². The lowest BCUT2D eigenvalue weighted by Gasteiger charge is -2.10. The number of esters is 1. The summed E-state index contributed by atoms with van der Waals surface area (Å²) in [5.41, 5.74) is 0.734. The lowest BCUT2D eigenvalue weighted by atomic mass is 10.1. The molecule has 29 heavy (non-hydrogen) atoms. The number of amides is 2. The van der Waals surface area contributed by atoms with E-state index in [-0.39, 0.29) is 29.7 Å². The van der Waals surface area contributed by atoms with Crippen LogP contribution in [0, 0.1) is 0 Å². The van der Waals surface area contributed by atoms with Gasteiger partial charge in [0.1, 0.15) is 0 Å². The molecule has 0 aliphatic carbocycles. The van der Waals surface area contributed by atoms with Gasteiger partial charge in [-0.3, -0.25) is 5.32 Å². The van der Waals surface area contributed by atoms with Crippen molar-refractivity contribution in [3.05, 3.63) is 41.5 Å². The highest BCUT2D eigenvalue weighted by atomic mass is 32.2. The number of anilines is 1. The number of nitrogens with zero attached hydrogens (tertiary/aromatic N) is 2. The summed E-state index contributed by atoms with van der Waals surface area (Å²) in [7, 11) is -0.0517. The zero-order valence-electron chi connectivity index (χ0n) is 16.0. The Labute approximate surface area is 167 Å². The summed E-state index contributed by atoms with van der Waals surface area (Å²) in [6, 6.07) is 6.78. The number of benzene rings is 1. The maximum absolute atomic E-state index is 12.2. The molecule has 0 saturated heterocycles. The predicted molar refractivity (Wildman–Crippen MR) is 103 cm³/mol. The van der Waals surface area contributed by atoms with E-state index >= 15 is 0 Å². The Kier molecular flexibility index (Phi) is 7.31. The fourth-order valence-corrected chi connectivity index (χ4v) is 3.20. The first-order chi connectivity index (χ1) is 13.8. The topological polar surface area (TPSA) is 146 Å². The van der Waals surface area contributed by atoms with E-state index in [1.165, 1.54) is 33.5 Å². The Morgan fingerprint density at radius 3 is 2.24 bits per heavy atom. The molecule has 0 bridgehead atoms. The third kappa shape index (κ3) is 6.31. The van der Waals surface area contributed by atoms with E-state index < -0.39 is 27.8 Å². The van der Waals surface area contributed by atoms with Crippen LogP contribution in [-0.2, 0) is 21.2 Å². The summed E-state index contributed by atoms with van der Waals surface area (Å²) in [6.45, 7) is 0. The van der Waals surface area contributed by atoms with Gasteiger partial charge < -0.3 is 14.2 Å². The van der Waals surface area contributed by atoms with Gasteiger partial charge in [-0.1, -0.05) is 18.2 Å². The van der Waals surface area contributed by atoms with Gasteiger partial charge in [-0.15, -0.1) is 0 Å². The monoisotopic (exact) mass is 424 g/mol. The second-order valence-electron chi connectivity index (χ2n) is 5.55. The normalized spacial score (nSPS) is 10.7. The number of carbonyl (C=O) groups is 2. The lowest BCUT2D eigenvalue weighted by Crippen LogP contribution is -2.37. The third-order valence-corrected chi connectivity index (χ3v) is 4.87. The van der Waals surface area contributed by atoms with Gasteiger partial charge in [-0.2, -0.15) is 9.97 Å². The first-order valence-electron chi connectivity index (χ1n) is 8.22. The molecule has 2 amide bonds. The molecule has 2 N–H and O–H groups in total. The van der Waals surface area contributed by atoms with E-state index in [0.717, 1.165) is 0 Å². The van der Waals surface area contributed by atoms with Crippen LogP contribution in [0.2, 0.25) is 0 Å². The number of urea groups is 1. The summed E-state index contributed by atoms with van der Waals surface area (Å²) >= 11 is 0. The van der Waals surface area contributed by atoms with E-state index in [1.807, 2.05) is 4.72 Å². The van der Waals surface area contributed by atoms with Gasteiger partial charge in [0.15, 0.2) is 0 Å². The van der Waals surface area contributed by atoms with Crippen LogP contribution in [-0.4, -0.2) is 57.5 Å².